The molecule has 12 heteroatoms. The van der Waals surface area contributed by atoms with E-state index in [0.29, 0.717) is 42.6 Å². The number of urea groups is 1. The molecule has 0 aliphatic carbocycles. The molecular formula is C19H25N7O4S. The van der Waals surface area contributed by atoms with Crippen molar-refractivity contribution in [3.8, 4) is 10.4 Å². The SMILES string of the molecule is CC(C)(C)OC(=O)N1CCN(c2ncc(-c3cc(C(N)=O)c(NC(N)=O)s3)cn2)CC1. The van der Waals surface area contributed by atoms with Crippen molar-refractivity contribution in [2.45, 2.75) is 26.4 Å². The Morgan fingerprint density at radius 3 is 2.23 bits per heavy atom. The van der Waals surface area contributed by atoms with Gasteiger partial charge in [-0.05, 0) is 26.8 Å². The molecule has 5 N–H and O–H groups in total. The minimum absolute atomic E-state index is 0.168. The highest BCUT2D eigenvalue weighted by atomic mass is 32.1. The quantitative estimate of drug-likeness (QED) is 0.645. The molecule has 0 unspecified atom stereocenters. The highest BCUT2D eigenvalue weighted by Gasteiger charge is 2.26. The summed E-state index contributed by atoms with van der Waals surface area (Å²) in [6, 6.07) is 0.781. The zero-order valence-corrected chi connectivity index (χ0v) is 18.4. The second kappa shape index (κ2) is 8.76. The number of carbonyl (C=O) groups is 3. The second-order valence-corrected chi connectivity index (χ2v) is 8.99. The highest BCUT2D eigenvalue weighted by Crippen LogP contribution is 2.35. The summed E-state index contributed by atoms with van der Waals surface area (Å²) in [5.41, 5.74) is 10.8. The lowest BCUT2D eigenvalue weighted by atomic mass is 10.2. The third-order valence-corrected chi connectivity index (χ3v) is 5.47. The topological polar surface area (TPSA) is 157 Å². The Morgan fingerprint density at radius 1 is 1.10 bits per heavy atom. The number of nitrogens with zero attached hydrogens (tertiary/aromatic N) is 4. The lowest BCUT2D eigenvalue weighted by Crippen LogP contribution is -2.50. The molecule has 1 saturated heterocycles. The van der Waals surface area contributed by atoms with Crippen LogP contribution in [-0.4, -0.2) is 64.7 Å². The van der Waals surface area contributed by atoms with Crippen molar-refractivity contribution in [1.82, 2.24) is 14.9 Å². The molecule has 1 aliphatic rings. The van der Waals surface area contributed by atoms with E-state index in [-0.39, 0.29) is 16.7 Å². The van der Waals surface area contributed by atoms with E-state index in [4.69, 9.17) is 16.2 Å². The number of hydrogen-bond acceptors (Lipinski definition) is 8. The zero-order chi connectivity index (χ0) is 22.8. The van der Waals surface area contributed by atoms with Crippen molar-refractivity contribution in [2.24, 2.45) is 11.5 Å². The molecule has 31 heavy (non-hydrogen) atoms. The largest absolute Gasteiger partial charge is 0.444 e. The van der Waals surface area contributed by atoms with Gasteiger partial charge in [0.15, 0.2) is 0 Å². The number of piperazine rings is 1. The standard InChI is InChI=1S/C19H25N7O4S/c1-19(2,3)30-18(29)26-6-4-25(5-7-26)17-22-9-11(10-23-17)13-8-12(14(20)27)15(31-13)24-16(21)28/h8-10H,4-7H2,1-3H3,(H2,20,27)(H3,21,24,28). The molecule has 3 heterocycles. The molecule has 2 aromatic rings. The number of amides is 4. The fourth-order valence-electron chi connectivity index (χ4n) is 2.95. The maximum Gasteiger partial charge on any atom is 0.410 e. The normalized spacial score (nSPS) is 14.3. The Hall–Kier alpha value is -3.41. The van der Waals surface area contributed by atoms with Crippen LogP contribution in [0, 0.1) is 0 Å². The van der Waals surface area contributed by atoms with E-state index in [0.717, 1.165) is 11.3 Å². The minimum atomic E-state index is -0.784. The second-order valence-electron chi connectivity index (χ2n) is 7.93. The van der Waals surface area contributed by atoms with Crippen molar-refractivity contribution < 1.29 is 19.1 Å². The number of primary amides is 2. The number of carbonyl (C=O) groups excluding carboxylic acids is 3. The Labute approximate surface area is 183 Å². The summed E-state index contributed by atoms with van der Waals surface area (Å²) >= 11 is 1.15. The average molecular weight is 448 g/mol. The Balaban J connectivity index is 1.67. The van der Waals surface area contributed by atoms with Gasteiger partial charge in [0.25, 0.3) is 5.91 Å². The van der Waals surface area contributed by atoms with Gasteiger partial charge in [0.1, 0.15) is 10.6 Å². The molecule has 0 saturated carbocycles. The van der Waals surface area contributed by atoms with Gasteiger partial charge in [0, 0.05) is 49.0 Å². The van der Waals surface area contributed by atoms with Gasteiger partial charge in [-0.15, -0.1) is 11.3 Å². The lowest BCUT2D eigenvalue weighted by Gasteiger charge is -2.35. The van der Waals surface area contributed by atoms with Gasteiger partial charge in [-0.3, -0.25) is 10.1 Å². The number of nitrogens with two attached hydrogens (primary N) is 2. The number of thiophene rings is 1. The number of aromatic nitrogens is 2. The molecule has 4 amide bonds. The van der Waals surface area contributed by atoms with Crippen LogP contribution >= 0.6 is 11.3 Å². The van der Waals surface area contributed by atoms with Crippen LogP contribution in [0.1, 0.15) is 31.1 Å². The van der Waals surface area contributed by atoms with E-state index in [1.807, 2.05) is 25.7 Å². The smallest absolute Gasteiger partial charge is 0.410 e. The van der Waals surface area contributed by atoms with Crippen LogP contribution in [0.2, 0.25) is 0 Å². The molecule has 0 aromatic carbocycles. The Morgan fingerprint density at radius 2 is 1.71 bits per heavy atom. The first-order valence-electron chi connectivity index (χ1n) is 9.59. The van der Waals surface area contributed by atoms with E-state index in [2.05, 4.69) is 15.3 Å². The fourth-order valence-corrected chi connectivity index (χ4v) is 3.99. The van der Waals surface area contributed by atoms with Gasteiger partial charge >= 0.3 is 12.1 Å². The van der Waals surface area contributed by atoms with Crippen molar-refractivity contribution in [2.75, 3.05) is 36.4 Å². The summed E-state index contributed by atoms with van der Waals surface area (Å²) in [5.74, 6) is -0.138. The first-order chi connectivity index (χ1) is 14.5. The first-order valence-corrected chi connectivity index (χ1v) is 10.4. The maximum atomic E-state index is 12.2. The summed E-state index contributed by atoms with van der Waals surface area (Å²) < 4.78 is 5.41. The van der Waals surface area contributed by atoms with Crippen LogP contribution in [0.25, 0.3) is 10.4 Å². The van der Waals surface area contributed by atoms with Crippen molar-refractivity contribution in [1.29, 1.82) is 0 Å². The number of hydrogen-bond donors (Lipinski definition) is 3. The van der Waals surface area contributed by atoms with E-state index < -0.39 is 17.5 Å². The summed E-state index contributed by atoms with van der Waals surface area (Å²) in [4.78, 5) is 48.1. The van der Waals surface area contributed by atoms with Gasteiger partial charge in [-0.1, -0.05) is 0 Å². The molecule has 1 fully saturated rings. The van der Waals surface area contributed by atoms with Crippen molar-refractivity contribution in [3.05, 3.63) is 24.0 Å². The van der Waals surface area contributed by atoms with E-state index in [1.54, 1.807) is 23.4 Å². The van der Waals surface area contributed by atoms with Crippen LogP contribution in [0.15, 0.2) is 18.5 Å². The predicted octanol–water partition coefficient (Wildman–Crippen LogP) is 1.85. The van der Waals surface area contributed by atoms with E-state index >= 15 is 0 Å². The van der Waals surface area contributed by atoms with Gasteiger partial charge in [0.2, 0.25) is 5.95 Å². The van der Waals surface area contributed by atoms with Crippen molar-refractivity contribution >= 4 is 40.3 Å². The summed E-state index contributed by atoms with van der Waals surface area (Å²) in [6.07, 6.45) is 2.94. The maximum absolute atomic E-state index is 12.2. The average Bonchev–Trinajstić information content (AvgIpc) is 3.10. The highest BCUT2D eigenvalue weighted by molar-refractivity contribution is 7.20. The van der Waals surface area contributed by atoms with Crippen LogP contribution in [0.4, 0.5) is 20.5 Å². The fraction of sp³-hybridized carbons (Fsp3) is 0.421. The van der Waals surface area contributed by atoms with Crippen LogP contribution in [-0.2, 0) is 4.74 Å². The molecule has 2 aromatic heterocycles. The molecule has 1 aliphatic heterocycles. The zero-order valence-electron chi connectivity index (χ0n) is 17.5. The van der Waals surface area contributed by atoms with Gasteiger partial charge in [0.05, 0.1) is 5.56 Å². The van der Waals surface area contributed by atoms with Gasteiger partial charge < -0.3 is 26.0 Å². The molecule has 166 valence electrons. The molecule has 0 bridgehead atoms. The molecule has 0 atom stereocenters. The summed E-state index contributed by atoms with van der Waals surface area (Å²) in [7, 11) is 0. The van der Waals surface area contributed by atoms with Crippen LogP contribution in [0.3, 0.4) is 0 Å². The molecule has 3 rings (SSSR count). The van der Waals surface area contributed by atoms with Crippen molar-refractivity contribution in [3.63, 3.8) is 0 Å². The Kier molecular flexibility index (Phi) is 6.29. The Bertz CT molecular complexity index is 976. The van der Waals surface area contributed by atoms with Crippen LogP contribution in [0.5, 0.6) is 0 Å². The first kappa shape index (κ1) is 22.3. The predicted molar refractivity (Wildman–Crippen MR) is 117 cm³/mol. The van der Waals surface area contributed by atoms with E-state index in [1.165, 1.54) is 0 Å². The van der Waals surface area contributed by atoms with Gasteiger partial charge in [-0.25, -0.2) is 19.6 Å². The van der Waals surface area contributed by atoms with Gasteiger partial charge in [-0.2, -0.15) is 0 Å². The third-order valence-electron chi connectivity index (χ3n) is 4.37. The minimum Gasteiger partial charge on any atom is -0.444 e. The van der Waals surface area contributed by atoms with Crippen LogP contribution < -0.4 is 21.7 Å². The monoisotopic (exact) mass is 447 g/mol. The number of nitrogens with one attached hydrogen (secondary N) is 1. The molecule has 0 radical (unpaired) electrons. The molecule has 0 spiro atoms. The summed E-state index contributed by atoms with van der Waals surface area (Å²) in [5, 5.41) is 2.68. The molecular weight excluding hydrogens is 422 g/mol. The van der Waals surface area contributed by atoms with E-state index in [9.17, 15) is 14.4 Å². The number of anilines is 2. The third kappa shape index (κ3) is 5.60. The number of ether oxygens (including phenoxy) is 1. The number of rotatable bonds is 4. The summed E-state index contributed by atoms with van der Waals surface area (Å²) in [6.45, 7) is 7.69. The molecule has 11 nitrogen and oxygen atoms in total. The lowest BCUT2D eigenvalue weighted by molar-refractivity contribution is 0.0240.